The number of likely N-dealkylation sites (N-methyl/N-ethyl adjacent to an activating group) is 1. The molecule has 0 aliphatic heterocycles. The Bertz CT molecular complexity index is 626. The largest absolute Gasteiger partial charge is 0.356 e. The number of nitrogens with one attached hydrogen (secondary N) is 3. The van der Waals surface area contributed by atoms with Crippen molar-refractivity contribution >= 4 is 17.8 Å². The summed E-state index contributed by atoms with van der Waals surface area (Å²) in [6, 6.07) is 7.48. The van der Waals surface area contributed by atoms with E-state index in [2.05, 4.69) is 27.5 Å². The summed E-state index contributed by atoms with van der Waals surface area (Å²) in [5.74, 6) is 0.377. The molecule has 0 fully saturated rings. The molecule has 0 heterocycles. The lowest BCUT2D eigenvalue weighted by atomic mass is 10.1. The molecule has 0 radical (unpaired) electrons. The predicted octanol–water partition coefficient (Wildman–Crippen LogP) is 0.398. The third kappa shape index (κ3) is 7.52. The van der Waals surface area contributed by atoms with Gasteiger partial charge in [0.1, 0.15) is 6.54 Å². The molecule has 0 bridgehead atoms. The van der Waals surface area contributed by atoms with Gasteiger partial charge in [-0.15, -0.1) is 6.58 Å². The van der Waals surface area contributed by atoms with Gasteiger partial charge in [-0.05, 0) is 24.1 Å². The molecule has 2 amide bonds. The summed E-state index contributed by atoms with van der Waals surface area (Å²) >= 11 is 0. The van der Waals surface area contributed by atoms with Gasteiger partial charge < -0.3 is 20.9 Å². The highest BCUT2D eigenvalue weighted by molar-refractivity contribution is 5.94. The summed E-state index contributed by atoms with van der Waals surface area (Å²) in [5.41, 5.74) is 1.68. The van der Waals surface area contributed by atoms with Crippen LogP contribution < -0.4 is 16.0 Å². The molecule has 136 valence electrons. The van der Waals surface area contributed by atoms with Crippen molar-refractivity contribution in [3.8, 4) is 0 Å². The summed E-state index contributed by atoms with van der Waals surface area (Å²) in [6.45, 7) is 4.91. The Labute approximate surface area is 149 Å². The van der Waals surface area contributed by atoms with Crippen LogP contribution in [0.5, 0.6) is 0 Å². The van der Waals surface area contributed by atoms with Crippen molar-refractivity contribution in [2.45, 2.75) is 6.42 Å². The number of carbonyl (C=O) groups excluding carboxylic acids is 2. The van der Waals surface area contributed by atoms with Crippen molar-refractivity contribution in [2.24, 2.45) is 4.99 Å². The summed E-state index contributed by atoms with van der Waals surface area (Å²) in [5, 5.41) is 8.87. The Morgan fingerprint density at radius 2 is 2.04 bits per heavy atom. The third-order valence-electron chi connectivity index (χ3n) is 3.41. The Balaban J connectivity index is 2.61. The lowest BCUT2D eigenvalue weighted by Gasteiger charge is -2.13. The third-order valence-corrected chi connectivity index (χ3v) is 3.41. The average molecular weight is 345 g/mol. The molecule has 7 nitrogen and oxygen atoms in total. The van der Waals surface area contributed by atoms with Gasteiger partial charge in [-0.3, -0.25) is 9.59 Å². The van der Waals surface area contributed by atoms with Crippen LogP contribution in [0.4, 0.5) is 0 Å². The number of benzene rings is 1. The van der Waals surface area contributed by atoms with Crippen LogP contribution in [0, 0.1) is 0 Å². The standard InChI is InChI=1S/C18H27N5O2/c1-5-10-20-18(22-13-16(24)23(3)4)21-11-9-14-7-6-8-15(12-14)17(25)19-2/h5-8,12H,1,9-11,13H2,2-4H3,(H,19,25)(H2,20,21,22). The zero-order valence-electron chi connectivity index (χ0n) is 15.1. The van der Waals surface area contributed by atoms with Crippen molar-refractivity contribution in [3.63, 3.8) is 0 Å². The van der Waals surface area contributed by atoms with Crippen molar-refractivity contribution < 1.29 is 9.59 Å². The van der Waals surface area contributed by atoms with Gasteiger partial charge in [0.15, 0.2) is 5.96 Å². The Morgan fingerprint density at radius 3 is 2.68 bits per heavy atom. The first-order valence-corrected chi connectivity index (χ1v) is 8.12. The van der Waals surface area contributed by atoms with Crippen molar-refractivity contribution in [2.75, 3.05) is 40.8 Å². The maximum Gasteiger partial charge on any atom is 0.251 e. The van der Waals surface area contributed by atoms with Crippen LogP contribution in [0.25, 0.3) is 0 Å². The smallest absolute Gasteiger partial charge is 0.251 e. The first kappa shape index (κ1) is 20.2. The average Bonchev–Trinajstić information content (AvgIpc) is 2.62. The summed E-state index contributed by atoms with van der Waals surface area (Å²) in [7, 11) is 5.00. The van der Waals surface area contributed by atoms with E-state index in [1.165, 1.54) is 4.90 Å². The number of nitrogens with zero attached hydrogens (tertiary/aromatic N) is 2. The highest BCUT2D eigenvalue weighted by Gasteiger charge is 2.05. The zero-order valence-corrected chi connectivity index (χ0v) is 15.1. The van der Waals surface area contributed by atoms with Crippen LogP contribution in [-0.2, 0) is 11.2 Å². The second-order valence-corrected chi connectivity index (χ2v) is 5.58. The molecule has 0 spiro atoms. The van der Waals surface area contributed by atoms with Crippen LogP contribution in [0.2, 0.25) is 0 Å². The minimum Gasteiger partial charge on any atom is -0.356 e. The van der Waals surface area contributed by atoms with E-state index in [0.717, 1.165) is 12.0 Å². The molecule has 0 saturated carbocycles. The summed E-state index contributed by atoms with van der Waals surface area (Å²) in [6.07, 6.45) is 2.44. The lowest BCUT2D eigenvalue weighted by molar-refractivity contribution is -0.127. The van der Waals surface area contributed by atoms with Gasteiger partial charge in [-0.25, -0.2) is 4.99 Å². The molecule has 1 rings (SSSR count). The molecule has 0 aliphatic carbocycles. The molecular formula is C18H27N5O2. The number of amides is 2. The number of hydrogen-bond donors (Lipinski definition) is 3. The minimum absolute atomic E-state index is 0.0713. The van der Waals surface area contributed by atoms with Crippen LogP contribution in [0.15, 0.2) is 41.9 Å². The number of rotatable bonds is 8. The van der Waals surface area contributed by atoms with E-state index in [1.54, 1.807) is 33.3 Å². The molecule has 25 heavy (non-hydrogen) atoms. The van der Waals surface area contributed by atoms with Crippen LogP contribution in [0.1, 0.15) is 15.9 Å². The molecule has 1 aromatic rings. The first-order valence-electron chi connectivity index (χ1n) is 8.12. The van der Waals surface area contributed by atoms with E-state index in [0.29, 0.717) is 24.6 Å². The molecule has 0 saturated heterocycles. The van der Waals surface area contributed by atoms with Gasteiger partial charge in [-0.2, -0.15) is 0 Å². The number of hydrogen-bond acceptors (Lipinski definition) is 3. The highest BCUT2D eigenvalue weighted by Crippen LogP contribution is 2.05. The maximum atomic E-state index is 11.7. The van der Waals surface area contributed by atoms with Gasteiger partial charge in [-0.1, -0.05) is 18.2 Å². The summed E-state index contributed by atoms with van der Waals surface area (Å²) in [4.78, 5) is 29.1. The monoisotopic (exact) mass is 345 g/mol. The molecule has 0 aliphatic rings. The Kier molecular flexibility index (Phi) is 8.78. The number of carbonyl (C=O) groups is 2. The molecule has 7 heteroatoms. The van der Waals surface area contributed by atoms with Crippen LogP contribution in [-0.4, -0.2) is 63.5 Å². The number of guanidine groups is 1. The van der Waals surface area contributed by atoms with E-state index in [9.17, 15) is 9.59 Å². The molecule has 3 N–H and O–H groups in total. The van der Waals surface area contributed by atoms with Crippen molar-refractivity contribution in [3.05, 3.63) is 48.0 Å². The fourth-order valence-electron chi connectivity index (χ4n) is 1.97. The van der Waals surface area contributed by atoms with Gasteiger partial charge in [0.05, 0.1) is 0 Å². The lowest BCUT2D eigenvalue weighted by Crippen LogP contribution is -2.39. The fourth-order valence-corrected chi connectivity index (χ4v) is 1.97. The van der Waals surface area contributed by atoms with Gasteiger partial charge >= 0.3 is 0 Å². The highest BCUT2D eigenvalue weighted by atomic mass is 16.2. The first-order chi connectivity index (χ1) is 12.0. The van der Waals surface area contributed by atoms with E-state index >= 15 is 0 Å². The topological polar surface area (TPSA) is 85.8 Å². The Hall–Kier alpha value is -2.83. The van der Waals surface area contributed by atoms with E-state index in [1.807, 2.05) is 18.2 Å². The van der Waals surface area contributed by atoms with Crippen molar-refractivity contribution in [1.29, 1.82) is 0 Å². The molecular weight excluding hydrogens is 318 g/mol. The molecule has 0 aromatic heterocycles. The van der Waals surface area contributed by atoms with E-state index in [4.69, 9.17) is 0 Å². The summed E-state index contributed by atoms with van der Waals surface area (Å²) < 4.78 is 0. The van der Waals surface area contributed by atoms with E-state index < -0.39 is 0 Å². The van der Waals surface area contributed by atoms with Crippen LogP contribution >= 0.6 is 0 Å². The van der Waals surface area contributed by atoms with Gasteiger partial charge in [0, 0.05) is 39.8 Å². The van der Waals surface area contributed by atoms with Gasteiger partial charge in [0.25, 0.3) is 5.91 Å². The minimum atomic E-state index is -0.105. The molecule has 1 aromatic carbocycles. The predicted molar refractivity (Wildman–Crippen MR) is 101 cm³/mol. The second-order valence-electron chi connectivity index (χ2n) is 5.58. The van der Waals surface area contributed by atoms with Crippen LogP contribution in [0.3, 0.4) is 0 Å². The van der Waals surface area contributed by atoms with E-state index in [-0.39, 0.29) is 18.4 Å². The quantitative estimate of drug-likeness (QED) is 0.362. The van der Waals surface area contributed by atoms with Gasteiger partial charge in [0.2, 0.25) is 5.91 Å². The second kappa shape index (κ2) is 10.9. The SMILES string of the molecule is C=CCNC(=NCC(=O)N(C)C)NCCc1cccc(C(=O)NC)c1. The number of aliphatic imine (C=N–C) groups is 1. The fraction of sp³-hybridized carbons (Fsp3) is 0.389. The molecule has 0 atom stereocenters. The molecule has 0 unspecified atom stereocenters. The normalized spacial score (nSPS) is 10.8. The Morgan fingerprint density at radius 1 is 1.28 bits per heavy atom. The zero-order chi connectivity index (χ0) is 18.7. The van der Waals surface area contributed by atoms with Crippen molar-refractivity contribution in [1.82, 2.24) is 20.9 Å². The maximum absolute atomic E-state index is 11.7.